The zero-order chi connectivity index (χ0) is 8.55. The molecule has 2 aromatic rings. The summed E-state index contributed by atoms with van der Waals surface area (Å²) >= 11 is 4.18. The van der Waals surface area contributed by atoms with E-state index in [0.29, 0.717) is 0 Å². The normalized spacial score (nSPS) is 10.8. The topological polar surface area (TPSA) is 27.6 Å². The standard InChI is InChI=1S/C9H8INS/c10-7-1-2-9-6(3-7)4-8(5-11)12-9/h1-4H,5,11H2/p+1. The Morgan fingerprint density at radius 1 is 1.33 bits per heavy atom. The monoisotopic (exact) mass is 290 g/mol. The van der Waals surface area contributed by atoms with Gasteiger partial charge in [-0.3, -0.25) is 0 Å². The van der Waals surface area contributed by atoms with Crippen molar-refractivity contribution >= 4 is 44.0 Å². The van der Waals surface area contributed by atoms with Gasteiger partial charge in [0.2, 0.25) is 0 Å². The zero-order valence-electron chi connectivity index (χ0n) is 6.51. The minimum atomic E-state index is 0.899. The molecular formula is C9H9INS+. The summed E-state index contributed by atoms with van der Waals surface area (Å²) in [5, 5.41) is 1.35. The van der Waals surface area contributed by atoms with E-state index in [1.165, 1.54) is 18.5 Å². The van der Waals surface area contributed by atoms with Crippen LogP contribution in [0.2, 0.25) is 0 Å². The van der Waals surface area contributed by atoms with Crippen LogP contribution < -0.4 is 5.73 Å². The van der Waals surface area contributed by atoms with Crippen LogP contribution in [-0.4, -0.2) is 0 Å². The van der Waals surface area contributed by atoms with Gasteiger partial charge >= 0.3 is 0 Å². The maximum absolute atomic E-state index is 3.88. The predicted molar refractivity (Wildman–Crippen MR) is 61.1 cm³/mol. The molecule has 0 spiro atoms. The minimum Gasteiger partial charge on any atom is -0.353 e. The third-order valence-corrected chi connectivity index (χ3v) is 3.62. The minimum absolute atomic E-state index is 0.899. The van der Waals surface area contributed by atoms with Crippen LogP contribution in [0.25, 0.3) is 10.1 Å². The summed E-state index contributed by atoms with van der Waals surface area (Å²) in [4.78, 5) is 1.37. The first-order chi connectivity index (χ1) is 5.79. The van der Waals surface area contributed by atoms with Gasteiger partial charge in [-0.1, -0.05) is 0 Å². The molecule has 0 atom stereocenters. The van der Waals surface area contributed by atoms with Gasteiger partial charge in [0.25, 0.3) is 0 Å². The van der Waals surface area contributed by atoms with Crippen molar-refractivity contribution in [3.8, 4) is 0 Å². The summed E-state index contributed by atoms with van der Waals surface area (Å²) in [5.41, 5.74) is 3.88. The first kappa shape index (κ1) is 8.47. The average molecular weight is 290 g/mol. The van der Waals surface area contributed by atoms with Crippen LogP contribution in [0, 0.1) is 3.57 Å². The molecule has 1 heterocycles. The van der Waals surface area contributed by atoms with E-state index in [-0.39, 0.29) is 0 Å². The molecule has 0 aliphatic rings. The number of fused-ring (bicyclic) bond motifs is 1. The predicted octanol–water partition coefficient (Wildman–Crippen LogP) is 2.25. The molecular weight excluding hydrogens is 281 g/mol. The quantitative estimate of drug-likeness (QED) is 0.780. The molecule has 3 heteroatoms. The Labute approximate surface area is 88.7 Å². The van der Waals surface area contributed by atoms with E-state index in [0.717, 1.165) is 6.54 Å². The lowest BCUT2D eigenvalue weighted by atomic mass is 10.2. The maximum Gasteiger partial charge on any atom is 0.109 e. The van der Waals surface area contributed by atoms with E-state index in [1.807, 2.05) is 11.3 Å². The molecule has 3 N–H and O–H groups in total. The van der Waals surface area contributed by atoms with E-state index in [1.54, 1.807) is 0 Å². The van der Waals surface area contributed by atoms with Gasteiger partial charge in [0, 0.05) is 8.27 Å². The molecule has 62 valence electrons. The number of quaternary nitrogens is 1. The van der Waals surface area contributed by atoms with Crippen molar-refractivity contribution in [1.82, 2.24) is 0 Å². The lowest BCUT2D eigenvalue weighted by Crippen LogP contribution is -2.47. The fraction of sp³-hybridized carbons (Fsp3) is 0.111. The number of hydrogen-bond acceptors (Lipinski definition) is 1. The maximum atomic E-state index is 3.88. The van der Waals surface area contributed by atoms with Gasteiger partial charge in [-0.05, 0) is 52.2 Å². The summed E-state index contributed by atoms with van der Waals surface area (Å²) in [7, 11) is 0. The van der Waals surface area contributed by atoms with Crippen LogP contribution in [0.3, 0.4) is 0 Å². The number of thiophene rings is 1. The second kappa shape index (κ2) is 3.32. The van der Waals surface area contributed by atoms with Crippen LogP contribution in [0.15, 0.2) is 24.3 Å². The van der Waals surface area contributed by atoms with Crippen molar-refractivity contribution in [3.63, 3.8) is 0 Å². The molecule has 0 bridgehead atoms. The van der Waals surface area contributed by atoms with E-state index in [9.17, 15) is 0 Å². The van der Waals surface area contributed by atoms with Crippen molar-refractivity contribution < 1.29 is 5.73 Å². The molecule has 0 aliphatic heterocycles. The van der Waals surface area contributed by atoms with Crippen LogP contribution >= 0.6 is 33.9 Å². The molecule has 1 nitrogen and oxygen atoms in total. The fourth-order valence-electron chi connectivity index (χ4n) is 1.19. The van der Waals surface area contributed by atoms with E-state index >= 15 is 0 Å². The molecule has 2 rings (SSSR count). The van der Waals surface area contributed by atoms with Crippen molar-refractivity contribution in [3.05, 3.63) is 32.7 Å². The lowest BCUT2D eigenvalue weighted by molar-refractivity contribution is -0.385. The Morgan fingerprint density at radius 2 is 2.17 bits per heavy atom. The van der Waals surface area contributed by atoms with Crippen molar-refractivity contribution in [2.45, 2.75) is 6.54 Å². The molecule has 0 aliphatic carbocycles. The number of benzene rings is 1. The first-order valence-corrected chi connectivity index (χ1v) is 5.66. The van der Waals surface area contributed by atoms with E-state index in [4.69, 9.17) is 0 Å². The Hall–Kier alpha value is -0.130. The molecule has 1 aromatic carbocycles. The third-order valence-electron chi connectivity index (χ3n) is 1.78. The Balaban J connectivity index is 2.67. The molecule has 12 heavy (non-hydrogen) atoms. The van der Waals surface area contributed by atoms with Gasteiger partial charge in [0.05, 0.1) is 4.88 Å². The first-order valence-electron chi connectivity index (χ1n) is 3.77. The van der Waals surface area contributed by atoms with Crippen molar-refractivity contribution in [2.75, 3.05) is 0 Å². The van der Waals surface area contributed by atoms with Gasteiger partial charge in [-0.2, -0.15) is 0 Å². The van der Waals surface area contributed by atoms with Gasteiger partial charge < -0.3 is 5.73 Å². The number of hydrogen-bond donors (Lipinski definition) is 1. The summed E-state index contributed by atoms with van der Waals surface area (Å²) in [6.07, 6.45) is 0. The van der Waals surface area contributed by atoms with Gasteiger partial charge in [0.15, 0.2) is 0 Å². The SMILES string of the molecule is [NH3+]Cc1cc2cc(I)ccc2s1. The molecule has 0 radical (unpaired) electrons. The molecule has 0 amide bonds. The van der Waals surface area contributed by atoms with Crippen molar-refractivity contribution in [2.24, 2.45) is 0 Å². The fourth-order valence-corrected chi connectivity index (χ4v) is 2.65. The largest absolute Gasteiger partial charge is 0.353 e. The Morgan fingerprint density at radius 3 is 2.92 bits per heavy atom. The number of rotatable bonds is 1. The molecule has 0 saturated heterocycles. The summed E-state index contributed by atoms with van der Waals surface area (Å²) in [6, 6.07) is 8.77. The highest BCUT2D eigenvalue weighted by atomic mass is 127. The molecule has 1 aromatic heterocycles. The van der Waals surface area contributed by atoms with Crippen LogP contribution in [-0.2, 0) is 6.54 Å². The summed E-state index contributed by atoms with van der Waals surface area (Å²) in [5.74, 6) is 0. The third kappa shape index (κ3) is 1.48. The molecule has 0 saturated carbocycles. The van der Waals surface area contributed by atoms with Gasteiger partial charge in [0.1, 0.15) is 6.54 Å². The van der Waals surface area contributed by atoms with Crippen molar-refractivity contribution in [1.29, 1.82) is 0 Å². The Bertz CT molecular complexity index is 408. The van der Waals surface area contributed by atoms with Crippen LogP contribution in [0.4, 0.5) is 0 Å². The van der Waals surface area contributed by atoms with E-state index < -0.39 is 0 Å². The summed E-state index contributed by atoms with van der Waals surface area (Å²) in [6.45, 7) is 0.899. The van der Waals surface area contributed by atoms with Gasteiger partial charge in [-0.25, -0.2) is 0 Å². The second-order valence-corrected chi connectivity index (χ2v) is 5.06. The number of halogens is 1. The lowest BCUT2D eigenvalue weighted by Gasteiger charge is -1.88. The summed E-state index contributed by atoms with van der Waals surface area (Å²) < 4.78 is 2.67. The van der Waals surface area contributed by atoms with Crippen LogP contribution in [0.1, 0.15) is 4.88 Å². The molecule has 0 unspecified atom stereocenters. The smallest absolute Gasteiger partial charge is 0.109 e. The highest BCUT2D eigenvalue weighted by molar-refractivity contribution is 14.1. The zero-order valence-corrected chi connectivity index (χ0v) is 9.48. The highest BCUT2D eigenvalue weighted by Gasteiger charge is 2.00. The molecule has 0 fully saturated rings. The average Bonchev–Trinajstić information content (AvgIpc) is 2.46. The highest BCUT2D eigenvalue weighted by Crippen LogP contribution is 2.26. The second-order valence-electron chi connectivity index (χ2n) is 2.64. The van der Waals surface area contributed by atoms with Gasteiger partial charge in [-0.15, -0.1) is 11.3 Å². The van der Waals surface area contributed by atoms with Crippen LogP contribution in [0.5, 0.6) is 0 Å². The Kier molecular flexibility index (Phi) is 2.34. The van der Waals surface area contributed by atoms with E-state index in [2.05, 4.69) is 52.6 Å².